The molecule has 7 nitrogen and oxygen atoms in total. The Morgan fingerprint density at radius 2 is 1.89 bits per heavy atom. The summed E-state index contributed by atoms with van der Waals surface area (Å²) in [6.07, 6.45) is -0.848. The van der Waals surface area contributed by atoms with Crippen molar-refractivity contribution in [2.75, 3.05) is 5.73 Å². The Morgan fingerprint density at radius 3 is 2.56 bits per heavy atom. The molecule has 0 amide bonds. The Labute approximate surface area is 167 Å². The number of pyridine rings is 1. The van der Waals surface area contributed by atoms with E-state index in [0.717, 1.165) is 0 Å². The molecule has 0 radical (unpaired) electrons. The van der Waals surface area contributed by atoms with Crippen LogP contribution in [-0.4, -0.2) is 19.8 Å². The SMILES string of the molecule is Nc1c(Cl)c(F)n(Cc2nc(C[C@H](O)c3ccc(Cl)cc3)no2)c(=O)c1Cl. The van der Waals surface area contributed by atoms with Crippen LogP contribution in [0.2, 0.25) is 15.1 Å². The molecule has 1 atom stereocenters. The molecular formula is C16H12Cl3FN4O3. The highest BCUT2D eigenvalue weighted by molar-refractivity contribution is 6.38. The number of benzene rings is 1. The first kappa shape index (κ1) is 19.6. The van der Waals surface area contributed by atoms with Crippen molar-refractivity contribution in [3.05, 3.63) is 72.9 Å². The molecule has 0 spiro atoms. The maximum absolute atomic E-state index is 14.2. The van der Waals surface area contributed by atoms with Crippen LogP contribution < -0.4 is 11.3 Å². The molecule has 0 bridgehead atoms. The van der Waals surface area contributed by atoms with Gasteiger partial charge in [0.25, 0.3) is 5.56 Å². The number of nitrogens with two attached hydrogens (primary N) is 1. The Hall–Kier alpha value is -2.13. The normalized spacial score (nSPS) is 12.3. The van der Waals surface area contributed by atoms with Crippen LogP contribution in [0.5, 0.6) is 0 Å². The zero-order valence-electron chi connectivity index (χ0n) is 13.5. The molecule has 2 aromatic heterocycles. The van der Waals surface area contributed by atoms with Crippen LogP contribution in [0.1, 0.15) is 23.4 Å². The van der Waals surface area contributed by atoms with Crippen molar-refractivity contribution >= 4 is 40.5 Å². The fourth-order valence-electron chi connectivity index (χ4n) is 2.34. The van der Waals surface area contributed by atoms with Crippen molar-refractivity contribution in [3.63, 3.8) is 0 Å². The van der Waals surface area contributed by atoms with E-state index in [2.05, 4.69) is 10.1 Å². The second-order valence-electron chi connectivity index (χ2n) is 5.60. The molecule has 3 N–H and O–H groups in total. The van der Waals surface area contributed by atoms with Gasteiger partial charge >= 0.3 is 0 Å². The number of anilines is 1. The van der Waals surface area contributed by atoms with Gasteiger partial charge in [-0.15, -0.1) is 0 Å². The van der Waals surface area contributed by atoms with Gasteiger partial charge in [-0.3, -0.25) is 9.36 Å². The third-order valence-electron chi connectivity index (χ3n) is 3.76. The van der Waals surface area contributed by atoms with E-state index in [4.69, 9.17) is 45.1 Å². The van der Waals surface area contributed by atoms with Gasteiger partial charge < -0.3 is 15.4 Å². The van der Waals surface area contributed by atoms with Gasteiger partial charge in [-0.05, 0) is 17.7 Å². The van der Waals surface area contributed by atoms with Crippen molar-refractivity contribution in [3.8, 4) is 0 Å². The molecule has 0 aliphatic carbocycles. The van der Waals surface area contributed by atoms with Gasteiger partial charge in [-0.1, -0.05) is 52.1 Å². The van der Waals surface area contributed by atoms with Crippen molar-refractivity contribution in [1.29, 1.82) is 0 Å². The van der Waals surface area contributed by atoms with E-state index in [9.17, 15) is 14.3 Å². The summed E-state index contributed by atoms with van der Waals surface area (Å²) in [6.45, 7) is -0.394. The lowest BCUT2D eigenvalue weighted by atomic mass is 10.1. The van der Waals surface area contributed by atoms with Crippen LogP contribution in [0.25, 0.3) is 0 Å². The van der Waals surface area contributed by atoms with Gasteiger partial charge in [0.2, 0.25) is 11.8 Å². The largest absolute Gasteiger partial charge is 0.396 e. The monoisotopic (exact) mass is 432 g/mol. The Bertz CT molecular complexity index is 1040. The van der Waals surface area contributed by atoms with Crippen LogP contribution >= 0.6 is 34.8 Å². The molecule has 3 aromatic rings. The average Bonchev–Trinajstić information content (AvgIpc) is 3.09. The van der Waals surface area contributed by atoms with Gasteiger partial charge in [-0.2, -0.15) is 9.37 Å². The summed E-state index contributed by atoms with van der Waals surface area (Å²) >= 11 is 17.3. The average molecular weight is 434 g/mol. The zero-order valence-corrected chi connectivity index (χ0v) is 15.8. The van der Waals surface area contributed by atoms with Crippen LogP contribution in [0.15, 0.2) is 33.6 Å². The predicted octanol–water partition coefficient (Wildman–Crippen LogP) is 3.24. The van der Waals surface area contributed by atoms with E-state index in [0.29, 0.717) is 15.2 Å². The predicted molar refractivity (Wildman–Crippen MR) is 98.6 cm³/mol. The lowest BCUT2D eigenvalue weighted by molar-refractivity contribution is 0.174. The summed E-state index contributed by atoms with van der Waals surface area (Å²) < 4.78 is 19.9. The topological polar surface area (TPSA) is 107 Å². The maximum atomic E-state index is 14.2. The van der Waals surface area contributed by atoms with E-state index in [1.165, 1.54) is 0 Å². The summed E-state index contributed by atoms with van der Waals surface area (Å²) in [5.41, 5.74) is 4.86. The second-order valence-corrected chi connectivity index (χ2v) is 6.79. The molecule has 27 heavy (non-hydrogen) atoms. The van der Waals surface area contributed by atoms with Crippen molar-refractivity contribution in [2.24, 2.45) is 0 Å². The molecule has 3 rings (SSSR count). The minimum Gasteiger partial charge on any atom is -0.396 e. The van der Waals surface area contributed by atoms with Crippen LogP contribution in [-0.2, 0) is 13.0 Å². The number of aliphatic hydroxyl groups excluding tert-OH is 1. The number of aromatic nitrogens is 3. The Balaban J connectivity index is 1.79. The highest BCUT2D eigenvalue weighted by Gasteiger charge is 2.20. The molecule has 0 aliphatic heterocycles. The minimum atomic E-state index is -1.07. The van der Waals surface area contributed by atoms with Gasteiger partial charge in [0.05, 0.1) is 11.8 Å². The van der Waals surface area contributed by atoms with E-state index < -0.39 is 34.2 Å². The highest BCUT2D eigenvalue weighted by atomic mass is 35.5. The molecule has 0 saturated carbocycles. The molecular weight excluding hydrogens is 422 g/mol. The standard InChI is InChI=1S/C16H12Cl3FN4O3/c17-8-3-1-7(2-4-8)9(25)5-10-22-11(27-23-10)6-24-15(20)12(18)14(21)13(19)16(24)26/h1-4,9,25H,5-6,21H2/t9-/m0/s1. The zero-order chi connectivity index (χ0) is 19.7. The number of hydrogen-bond acceptors (Lipinski definition) is 6. The maximum Gasteiger partial charge on any atom is 0.274 e. The smallest absolute Gasteiger partial charge is 0.274 e. The first-order valence-corrected chi connectivity index (χ1v) is 8.69. The molecule has 0 unspecified atom stereocenters. The van der Waals surface area contributed by atoms with E-state index >= 15 is 0 Å². The van der Waals surface area contributed by atoms with Gasteiger partial charge in [0.1, 0.15) is 16.6 Å². The molecule has 1 aromatic carbocycles. The van der Waals surface area contributed by atoms with Gasteiger partial charge in [-0.25, -0.2) is 0 Å². The molecule has 142 valence electrons. The van der Waals surface area contributed by atoms with Crippen molar-refractivity contribution < 1.29 is 14.0 Å². The third-order valence-corrected chi connectivity index (χ3v) is 4.73. The number of rotatable bonds is 5. The van der Waals surface area contributed by atoms with Crippen LogP contribution in [0.4, 0.5) is 10.1 Å². The molecule has 11 heteroatoms. The number of nitrogens with zero attached hydrogens (tertiary/aromatic N) is 3. The molecule has 0 aliphatic rings. The molecule has 2 heterocycles. The summed E-state index contributed by atoms with van der Waals surface area (Å²) in [6, 6.07) is 6.62. The molecule has 0 saturated heterocycles. The lowest BCUT2D eigenvalue weighted by Crippen LogP contribution is -2.26. The fraction of sp³-hybridized carbons (Fsp3) is 0.188. The third kappa shape index (κ3) is 4.08. The van der Waals surface area contributed by atoms with E-state index in [1.54, 1.807) is 24.3 Å². The first-order valence-electron chi connectivity index (χ1n) is 7.55. The number of hydrogen-bond donors (Lipinski definition) is 2. The highest BCUT2D eigenvalue weighted by Crippen LogP contribution is 2.27. The second kappa shape index (κ2) is 7.85. The fourth-order valence-corrected chi connectivity index (χ4v) is 2.91. The summed E-state index contributed by atoms with van der Waals surface area (Å²) in [5.74, 6) is -0.954. The summed E-state index contributed by atoms with van der Waals surface area (Å²) in [4.78, 5) is 16.1. The quantitative estimate of drug-likeness (QED) is 0.598. The van der Waals surface area contributed by atoms with Crippen molar-refractivity contribution in [1.82, 2.24) is 14.7 Å². The first-order chi connectivity index (χ1) is 12.8. The number of aliphatic hydroxyl groups is 1. The Morgan fingerprint density at radius 1 is 1.22 bits per heavy atom. The lowest BCUT2D eigenvalue weighted by Gasteiger charge is -2.09. The summed E-state index contributed by atoms with van der Waals surface area (Å²) in [7, 11) is 0. The summed E-state index contributed by atoms with van der Waals surface area (Å²) in [5, 5.41) is 13.6. The minimum absolute atomic E-state index is 0.0474. The molecule has 0 fully saturated rings. The van der Waals surface area contributed by atoms with E-state index in [1.807, 2.05) is 0 Å². The van der Waals surface area contributed by atoms with Crippen molar-refractivity contribution in [2.45, 2.75) is 19.1 Å². The Kier molecular flexibility index (Phi) is 5.71. The van der Waals surface area contributed by atoms with Crippen LogP contribution in [0.3, 0.4) is 0 Å². The number of halogens is 4. The van der Waals surface area contributed by atoms with Crippen LogP contribution in [0, 0.1) is 5.95 Å². The number of nitrogen functional groups attached to an aromatic ring is 1. The van der Waals surface area contributed by atoms with E-state index in [-0.39, 0.29) is 23.8 Å². The van der Waals surface area contributed by atoms with Gasteiger partial charge in [0.15, 0.2) is 5.82 Å². The van der Waals surface area contributed by atoms with Gasteiger partial charge in [0, 0.05) is 11.4 Å².